The molecule has 7 heteroatoms. The molecule has 5 rings (SSSR count). The summed E-state index contributed by atoms with van der Waals surface area (Å²) in [7, 11) is 0. The van der Waals surface area contributed by atoms with Gasteiger partial charge >= 0.3 is 0 Å². The van der Waals surface area contributed by atoms with Crippen LogP contribution in [0.25, 0.3) is 11.0 Å². The smallest absolute Gasteiger partial charge is 0.291 e. The molecular formula is C29H26BrNO5. The van der Waals surface area contributed by atoms with E-state index in [0.29, 0.717) is 47.8 Å². The zero-order valence-electron chi connectivity index (χ0n) is 20.1. The van der Waals surface area contributed by atoms with Crippen LogP contribution in [0.15, 0.2) is 80.4 Å². The van der Waals surface area contributed by atoms with Crippen molar-refractivity contribution in [3.8, 4) is 11.5 Å². The topological polar surface area (TPSA) is 69.0 Å². The molecule has 1 aliphatic heterocycles. The molecule has 0 bridgehead atoms. The molecule has 0 fully saturated rings. The second-order valence-electron chi connectivity index (χ2n) is 8.62. The molecule has 1 amide bonds. The second kappa shape index (κ2) is 10.2. The summed E-state index contributed by atoms with van der Waals surface area (Å²) in [6, 6.07) is 19.9. The van der Waals surface area contributed by atoms with Gasteiger partial charge in [0.15, 0.2) is 16.9 Å². The van der Waals surface area contributed by atoms with Crippen LogP contribution in [0, 0.1) is 0 Å². The van der Waals surface area contributed by atoms with Gasteiger partial charge in [0.2, 0.25) is 5.76 Å². The summed E-state index contributed by atoms with van der Waals surface area (Å²) in [6.45, 7) is 5.30. The van der Waals surface area contributed by atoms with Crippen molar-refractivity contribution >= 4 is 32.8 Å². The lowest BCUT2D eigenvalue weighted by Gasteiger charge is -2.26. The van der Waals surface area contributed by atoms with Crippen LogP contribution < -0.4 is 14.9 Å². The lowest BCUT2D eigenvalue weighted by Crippen LogP contribution is -2.29. The lowest BCUT2D eigenvalue weighted by molar-refractivity contribution is 0.0714. The molecule has 0 radical (unpaired) electrons. The second-order valence-corrected chi connectivity index (χ2v) is 9.54. The van der Waals surface area contributed by atoms with Crippen LogP contribution in [0.5, 0.6) is 11.5 Å². The van der Waals surface area contributed by atoms with Gasteiger partial charge in [-0.3, -0.25) is 9.59 Å². The third-order valence-corrected chi connectivity index (χ3v) is 6.66. The van der Waals surface area contributed by atoms with Crippen LogP contribution in [0.2, 0.25) is 0 Å². The molecule has 3 aromatic carbocycles. The van der Waals surface area contributed by atoms with E-state index in [2.05, 4.69) is 15.9 Å². The summed E-state index contributed by atoms with van der Waals surface area (Å²) < 4.78 is 18.6. The van der Waals surface area contributed by atoms with Gasteiger partial charge in [0, 0.05) is 11.0 Å². The zero-order chi connectivity index (χ0) is 25.2. The predicted octanol–water partition coefficient (Wildman–Crippen LogP) is 6.49. The molecule has 0 saturated carbocycles. The van der Waals surface area contributed by atoms with Crippen molar-refractivity contribution in [2.45, 2.75) is 32.9 Å². The maximum atomic E-state index is 13.8. The zero-order valence-corrected chi connectivity index (χ0v) is 21.7. The number of halogens is 1. The minimum Gasteiger partial charge on any atom is -0.490 e. The van der Waals surface area contributed by atoms with Gasteiger partial charge in [0.05, 0.1) is 30.2 Å². The van der Waals surface area contributed by atoms with Crippen LogP contribution >= 0.6 is 15.9 Å². The van der Waals surface area contributed by atoms with Crippen LogP contribution in [-0.4, -0.2) is 24.0 Å². The van der Waals surface area contributed by atoms with E-state index >= 15 is 0 Å². The van der Waals surface area contributed by atoms with Crippen molar-refractivity contribution in [2.24, 2.45) is 0 Å². The Bertz CT molecular complexity index is 1480. The number of benzene rings is 3. The third-order valence-electron chi connectivity index (χ3n) is 6.17. The predicted molar refractivity (Wildman–Crippen MR) is 142 cm³/mol. The largest absolute Gasteiger partial charge is 0.490 e. The number of hydrogen-bond acceptors (Lipinski definition) is 5. The van der Waals surface area contributed by atoms with Gasteiger partial charge in [-0.15, -0.1) is 0 Å². The monoisotopic (exact) mass is 547 g/mol. The van der Waals surface area contributed by atoms with Crippen LogP contribution in [0.1, 0.15) is 53.6 Å². The van der Waals surface area contributed by atoms with Crippen LogP contribution in [0.4, 0.5) is 0 Å². The Hall–Kier alpha value is -3.58. The normalized spacial score (nSPS) is 14.8. The van der Waals surface area contributed by atoms with Gasteiger partial charge < -0.3 is 18.8 Å². The first-order valence-corrected chi connectivity index (χ1v) is 12.8. The van der Waals surface area contributed by atoms with Crippen molar-refractivity contribution in [3.05, 3.63) is 104 Å². The molecule has 0 aliphatic carbocycles. The van der Waals surface area contributed by atoms with Gasteiger partial charge in [0.1, 0.15) is 5.58 Å². The Morgan fingerprint density at radius 1 is 0.944 bits per heavy atom. The molecule has 0 saturated heterocycles. The maximum Gasteiger partial charge on any atom is 0.291 e. The number of hydrogen-bond donors (Lipinski definition) is 0. The molecule has 1 unspecified atom stereocenters. The number of carbonyl (C=O) groups excluding carboxylic acids is 1. The van der Waals surface area contributed by atoms with E-state index in [9.17, 15) is 9.59 Å². The fourth-order valence-electron chi connectivity index (χ4n) is 4.58. The van der Waals surface area contributed by atoms with Gasteiger partial charge in [-0.2, -0.15) is 0 Å². The fourth-order valence-corrected chi connectivity index (χ4v) is 4.94. The van der Waals surface area contributed by atoms with Gasteiger partial charge in [-0.25, -0.2) is 0 Å². The molecule has 0 N–H and O–H groups in total. The van der Waals surface area contributed by atoms with E-state index < -0.39 is 6.04 Å². The first kappa shape index (κ1) is 24.1. The summed E-state index contributed by atoms with van der Waals surface area (Å²) in [5.41, 5.74) is 2.22. The summed E-state index contributed by atoms with van der Waals surface area (Å²) in [6.07, 6.45) is 0.867. The summed E-state index contributed by atoms with van der Waals surface area (Å²) in [5.74, 6) is 0.984. The third kappa shape index (κ3) is 4.39. The summed E-state index contributed by atoms with van der Waals surface area (Å²) >= 11 is 3.44. The molecule has 0 spiro atoms. The van der Waals surface area contributed by atoms with Gasteiger partial charge in [0.25, 0.3) is 5.91 Å². The first-order valence-electron chi connectivity index (χ1n) is 12.0. The molecule has 1 aromatic heterocycles. The van der Waals surface area contributed by atoms with Crippen molar-refractivity contribution in [1.29, 1.82) is 0 Å². The van der Waals surface area contributed by atoms with E-state index in [0.717, 1.165) is 22.0 Å². The van der Waals surface area contributed by atoms with Gasteiger partial charge in [-0.05, 0) is 54.8 Å². The minimum atomic E-state index is -0.633. The highest BCUT2D eigenvalue weighted by atomic mass is 79.9. The standard InChI is InChI=1S/C29H26BrNO5/c1-3-14-35-23-12-10-19(15-24(23)34-4-2)26-25-27(32)21-16-20(30)11-13-22(21)36-28(25)29(33)31(26)17-18-8-6-5-7-9-18/h5-13,15-16,26H,3-4,14,17H2,1-2H3. The molecule has 6 nitrogen and oxygen atoms in total. The maximum absolute atomic E-state index is 13.8. The van der Waals surface area contributed by atoms with E-state index in [1.54, 1.807) is 23.1 Å². The van der Waals surface area contributed by atoms with E-state index in [4.69, 9.17) is 13.9 Å². The average Bonchev–Trinajstić information content (AvgIpc) is 3.16. The Morgan fingerprint density at radius 2 is 1.75 bits per heavy atom. The quantitative estimate of drug-likeness (QED) is 0.252. The average molecular weight is 548 g/mol. The molecule has 36 heavy (non-hydrogen) atoms. The SMILES string of the molecule is CCCOc1ccc(C2c3c(oc4ccc(Br)cc4c3=O)C(=O)N2Cc2ccccc2)cc1OCC. The van der Waals surface area contributed by atoms with Crippen molar-refractivity contribution in [3.63, 3.8) is 0 Å². The number of carbonyl (C=O) groups is 1. The summed E-state index contributed by atoms with van der Waals surface area (Å²) in [4.78, 5) is 29.2. The highest BCUT2D eigenvalue weighted by molar-refractivity contribution is 9.10. The molecule has 2 heterocycles. The number of fused-ring (bicyclic) bond motifs is 2. The Morgan fingerprint density at radius 3 is 2.50 bits per heavy atom. The van der Waals surface area contributed by atoms with Gasteiger partial charge in [-0.1, -0.05) is 59.3 Å². The van der Waals surface area contributed by atoms with E-state index in [-0.39, 0.29) is 17.1 Å². The van der Waals surface area contributed by atoms with Crippen LogP contribution in [-0.2, 0) is 6.54 Å². The lowest BCUT2D eigenvalue weighted by atomic mass is 9.97. The molecular weight excluding hydrogens is 522 g/mol. The van der Waals surface area contributed by atoms with Crippen molar-refractivity contribution in [2.75, 3.05) is 13.2 Å². The Kier molecular flexibility index (Phi) is 6.83. The van der Waals surface area contributed by atoms with E-state index in [1.807, 2.05) is 62.4 Å². The Labute approximate surface area is 217 Å². The molecule has 1 aliphatic rings. The molecule has 4 aromatic rings. The Balaban J connectivity index is 1.69. The number of nitrogens with zero attached hydrogens (tertiary/aromatic N) is 1. The summed E-state index contributed by atoms with van der Waals surface area (Å²) in [5, 5.41) is 0.426. The first-order chi connectivity index (χ1) is 17.5. The number of ether oxygens (including phenoxy) is 2. The molecule has 1 atom stereocenters. The highest BCUT2D eigenvalue weighted by Crippen LogP contribution is 2.42. The minimum absolute atomic E-state index is 0.0834. The fraction of sp³-hybridized carbons (Fsp3) is 0.241. The highest BCUT2D eigenvalue weighted by Gasteiger charge is 2.43. The molecule has 184 valence electrons. The number of amides is 1. The van der Waals surface area contributed by atoms with Crippen molar-refractivity contribution in [1.82, 2.24) is 4.90 Å². The number of rotatable bonds is 8. The van der Waals surface area contributed by atoms with E-state index in [1.165, 1.54) is 0 Å². The van der Waals surface area contributed by atoms with Crippen molar-refractivity contribution < 1.29 is 18.7 Å². The van der Waals surface area contributed by atoms with Crippen LogP contribution in [0.3, 0.4) is 0 Å².